The third kappa shape index (κ3) is 4.00. The summed E-state index contributed by atoms with van der Waals surface area (Å²) in [5, 5.41) is 7.65. The second kappa shape index (κ2) is 4.75. The first-order chi connectivity index (χ1) is 6.90. The van der Waals surface area contributed by atoms with E-state index in [0.717, 1.165) is 18.8 Å². The lowest BCUT2D eigenvalue weighted by atomic mass is 10.1. The number of nitrogens with one attached hydrogen (secondary N) is 1. The third-order valence-corrected chi connectivity index (χ3v) is 2.14. The van der Waals surface area contributed by atoms with Crippen LogP contribution in [0.4, 0.5) is 0 Å². The molecule has 15 heavy (non-hydrogen) atoms. The number of rotatable bonds is 4. The van der Waals surface area contributed by atoms with Gasteiger partial charge in [0.05, 0.1) is 0 Å². The smallest absolute Gasteiger partial charge is 0.138 e. The maximum absolute atomic E-state index is 4.27. The second-order valence-corrected chi connectivity index (χ2v) is 5.14. The van der Waals surface area contributed by atoms with Gasteiger partial charge in [-0.3, -0.25) is 0 Å². The Bertz CT molecular complexity index is 296. The molecule has 4 heteroatoms. The van der Waals surface area contributed by atoms with Crippen molar-refractivity contribution in [3.63, 3.8) is 0 Å². The van der Waals surface area contributed by atoms with E-state index in [9.17, 15) is 0 Å². The highest BCUT2D eigenvalue weighted by molar-refractivity contribution is 4.88. The van der Waals surface area contributed by atoms with Gasteiger partial charge >= 0.3 is 0 Å². The van der Waals surface area contributed by atoms with Crippen LogP contribution < -0.4 is 5.32 Å². The molecule has 0 spiro atoms. The van der Waals surface area contributed by atoms with Gasteiger partial charge in [-0.1, -0.05) is 0 Å². The van der Waals surface area contributed by atoms with Crippen LogP contribution in [0.25, 0.3) is 0 Å². The fourth-order valence-electron chi connectivity index (χ4n) is 1.43. The van der Waals surface area contributed by atoms with Gasteiger partial charge in [0.2, 0.25) is 0 Å². The summed E-state index contributed by atoms with van der Waals surface area (Å²) in [4.78, 5) is 4.27. The molecule has 1 aromatic heterocycles. The zero-order valence-corrected chi connectivity index (χ0v) is 10.4. The maximum atomic E-state index is 4.27. The van der Waals surface area contributed by atoms with Crippen LogP contribution >= 0.6 is 0 Å². The van der Waals surface area contributed by atoms with Crippen LogP contribution in [0.2, 0.25) is 0 Å². The summed E-state index contributed by atoms with van der Waals surface area (Å²) < 4.78 is 1.98. The molecule has 1 aromatic rings. The fourth-order valence-corrected chi connectivity index (χ4v) is 1.43. The van der Waals surface area contributed by atoms with Gasteiger partial charge in [0.25, 0.3) is 0 Å². The maximum Gasteiger partial charge on any atom is 0.138 e. The van der Waals surface area contributed by atoms with Crippen molar-refractivity contribution in [1.29, 1.82) is 0 Å². The molecule has 0 amide bonds. The zero-order chi connectivity index (χ0) is 11.5. The lowest BCUT2D eigenvalue weighted by Crippen LogP contribution is -2.37. The van der Waals surface area contributed by atoms with Crippen molar-refractivity contribution in [2.24, 2.45) is 0 Å². The largest absolute Gasteiger partial charge is 0.312 e. The van der Waals surface area contributed by atoms with Crippen LogP contribution in [0.3, 0.4) is 0 Å². The molecule has 1 heterocycles. The van der Waals surface area contributed by atoms with E-state index in [1.54, 1.807) is 6.33 Å². The molecule has 0 aliphatic rings. The minimum Gasteiger partial charge on any atom is -0.312 e. The Morgan fingerprint density at radius 2 is 2.07 bits per heavy atom. The Morgan fingerprint density at radius 1 is 1.40 bits per heavy atom. The average molecular weight is 210 g/mol. The summed E-state index contributed by atoms with van der Waals surface area (Å²) in [5.74, 6) is 1.06. The summed E-state index contributed by atoms with van der Waals surface area (Å²) in [7, 11) is 0. The Hall–Kier alpha value is -0.900. The quantitative estimate of drug-likeness (QED) is 0.824. The van der Waals surface area contributed by atoms with Crippen LogP contribution in [0.1, 0.15) is 46.5 Å². The van der Waals surface area contributed by atoms with Crippen molar-refractivity contribution in [2.75, 3.05) is 6.54 Å². The Balaban J connectivity index is 2.47. The normalized spacial score (nSPS) is 12.4. The zero-order valence-electron chi connectivity index (χ0n) is 10.4. The van der Waals surface area contributed by atoms with Gasteiger partial charge in [0.1, 0.15) is 12.2 Å². The van der Waals surface area contributed by atoms with E-state index in [-0.39, 0.29) is 5.54 Å². The highest BCUT2D eigenvalue weighted by Crippen LogP contribution is 2.06. The first-order valence-electron chi connectivity index (χ1n) is 5.53. The minimum absolute atomic E-state index is 0.169. The molecule has 0 unspecified atom stereocenters. The number of hydrogen-bond donors (Lipinski definition) is 1. The summed E-state index contributed by atoms with van der Waals surface area (Å²) >= 11 is 0. The molecule has 0 atom stereocenters. The van der Waals surface area contributed by atoms with Gasteiger partial charge in [-0.05, 0) is 34.6 Å². The van der Waals surface area contributed by atoms with Crippen molar-refractivity contribution in [2.45, 2.75) is 52.6 Å². The first kappa shape index (κ1) is 12.2. The number of hydrogen-bond acceptors (Lipinski definition) is 3. The third-order valence-electron chi connectivity index (χ3n) is 2.14. The fraction of sp³-hybridized carbons (Fsp3) is 0.818. The van der Waals surface area contributed by atoms with E-state index >= 15 is 0 Å². The highest BCUT2D eigenvalue weighted by atomic mass is 15.3. The Morgan fingerprint density at radius 3 is 2.60 bits per heavy atom. The summed E-state index contributed by atoms with van der Waals surface area (Å²) in [6.45, 7) is 11.7. The SMILES string of the molecule is CC(C)n1ncnc1CCNC(C)(C)C. The molecule has 1 rings (SSSR count). The minimum atomic E-state index is 0.169. The molecule has 0 saturated carbocycles. The van der Waals surface area contributed by atoms with Gasteiger partial charge in [0, 0.05) is 24.5 Å². The summed E-state index contributed by atoms with van der Waals surface area (Å²) in [5.41, 5.74) is 0.169. The molecule has 1 N–H and O–H groups in total. The van der Waals surface area contributed by atoms with E-state index < -0.39 is 0 Å². The second-order valence-electron chi connectivity index (χ2n) is 5.14. The predicted octanol–water partition coefficient (Wildman–Crippen LogP) is 1.79. The number of nitrogens with zero attached hydrogens (tertiary/aromatic N) is 3. The van der Waals surface area contributed by atoms with E-state index in [4.69, 9.17) is 0 Å². The van der Waals surface area contributed by atoms with Gasteiger partial charge < -0.3 is 5.32 Å². The van der Waals surface area contributed by atoms with Crippen molar-refractivity contribution in [3.8, 4) is 0 Å². The standard InChI is InChI=1S/C11H22N4/c1-9(2)15-10(12-8-14-15)6-7-13-11(3,4)5/h8-9,13H,6-7H2,1-5H3. The van der Waals surface area contributed by atoms with E-state index in [1.165, 1.54) is 0 Å². The number of aromatic nitrogens is 3. The van der Waals surface area contributed by atoms with Crippen LogP contribution in [0.5, 0.6) is 0 Å². The Labute approximate surface area is 92.1 Å². The summed E-state index contributed by atoms with van der Waals surface area (Å²) in [6.07, 6.45) is 2.56. The van der Waals surface area contributed by atoms with E-state index in [2.05, 4.69) is 50.0 Å². The molecular formula is C11H22N4. The first-order valence-corrected chi connectivity index (χ1v) is 5.53. The molecule has 0 aliphatic heterocycles. The lowest BCUT2D eigenvalue weighted by molar-refractivity contribution is 0.419. The molecule has 0 saturated heterocycles. The summed E-state index contributed by atoms with van der Waals surface area (Å²) in [6, 6.07) is 0.386. The van der Waals surface area contributed by atoms with E-state index in [0.29, 0.717) is 6.04 Å². The van der Waals surface area contributed by atoms with Gasteiger partial charge in [0.15, 0.2) is 0 Å². The van der Waals surface area contributed by atoms with E-state index in [1.807, 2.05) is 4.68 Å². The van der Waals surface area contributed by atoms with Crippen LogP contribution in [0.15, 0.2) is 6.33 Å². The van der Waals surface area contributed by atoms with Crippen LogP contribution in [-0.4, -0.2) is 26.8 Å². The average Bonchev–Trinajstić information content (AvgIpc) is 2.49. The predicted molar refractivity (Wildman–Crippen MR) is 61.9 cm³/mol. The lowest BCUT2D eigenvalue weighted by Gasteiger charge is -2.20. The molecule has 4 nitrogen and oxygen atoms in total. The van der Waals surface area contributed by atoms with Gasteiger partial charge in [-0.25, -0.2) is 9.67 Å². The van der Waals surface area contributed by atoms with Gasteiger partial charge in [-0.2, -0.15) is 5.10 Å². The molecule has 0 fully saturated rings. The molecule has 0 bridgehead atoms. The van der Waals surface area contributed by atoms with Crippen molar-refractivity contribution >= 4 is 0 Å². The highest BCUT2D eigenvalue weighted by Gasteiger charge is 2.10. The van der Waals surface area contributed by atoms with Crippen LogP contribution in [-0.2, 0) is 6.42 Å². The van der Waals surface area contributed by atoms with Gasteiger partial charge in [-0.15, -0.1) is 0 Å². The van der Waals surface area contributed by atoms with Crippen molar-refractivity contribution < 1.29 is 0 Å². The molecule has 0 aromatic carbocycles. The van der Waals surface area contributed by atoms with Crippen molar-refractivity contribution in [1.82, 2.24) is 20.1 Å². The molecule has 0 radical (unpaired) electrons. The molecule has 0 aliphatic carbocycles. The topological polar surface area (TPSA) is 42.7 Å². The van der Waals surface area contributed by atoms with Crippen LogP contribution in [0, 0.1) is 0 Å². The Kier molecular flexibility index (Phi) is 3.85. The monoisotopic (exact) mass is 210 g/mol. The van der Waals surface area contributed by atoms with Crippen molar-refractivity contribution in [3.05, 3.63) is 12.2 Å². The molecule has 86 valence electrons. The molecular weight excluding hydrogens is 188 g/mol.